The molecule has 0 fully saturated rings. The van der Waals surface area contributed by atoms with Crippen molar-refractivity contribution in [2.75, 3.05) is 0 Å². The molecule has 0 aliphatic heterocycles. The Bertz CT molecular complexity index is 874. The largest absolute Gasteiger partial charge is 0.393 e. The van der Waals surface area contributed by atoms with Gasteiger partial charge in [0.25, 0.3) is 10.0 Å². The van der Waals surface area contributed by atoms with Gasteiger partial charge in [-0.15, -0.1) is 0 Å². The highest BCUT2D eigenvalue weighted by molar-refractivity contribution is 7.90. The van der Waals surface area contributed by atoms with Crippen LogP contribution in [0, 0.1) is 0 Å². The Morgan fingerprint density at radius 1 is 0.971 bits per heavy atom. The number of carbonyl (C=O) groups is 1. The maximum Gasteiger partial charge on any atom is 0.264 e. The maximum absolute atomic E-state index is 12.2. The summed E-state index contributed by atoms with van der Waals surface area (Å²) in [7, 11) is -3.85. The summed E-state index contributed by atoms with van der Waals surface area (Å²) in [6.45, 7) is 2.52. The van der Waals surface area contributed by atoms with Crippen molar-refractivity contribution in [2.24, 2.45) is 5.73 Å². The van der Waals surface area contributed by atoms with Crippen molar-refractivity contribution in [3.63, 3.8) is 0 Å². The van der Waals surface area contributed by atoms with Crippen LogP contribution in [0.15, 0.2) is 65.6 Å². The molecule has 4 N–H and O–H groups in total. The second-order valence-electron chi connectivity index (χ2n) is 8.38. The van der Waals surface area contributed by atoms with Crippen molar-refractivity contribution in [1.82, 2.24) is 4.72 Å². The quantitative estimate of drug-likeness (QED) is 0.191. The first-order valence-electron chi connectivity index (χ1n) is 12.4. The second-order valence-corrected chi connectivity index (χ2v) is 10.1. The summed E-state index contributed by atoms with van der Waals surface area (Å²) in [6, 6.07) is 6.16. The number of unbranched alkanes of at least 4 members (excludes halogenated alkanes) is 4. The lowest BCUT2D eigenvalue weighted by Crippen LogP contribution is -2.30. The zero-order chi connectivity index (χ0) is 25.1. The smallest absolute Gasteiger partial charge is 0.264 e. The molecule has 0 spiro atoms. The number of hydrogen-bond donors (Lipinski definition) is 3. The highest BCUT2D eigenvalue weighted by Crippen LogP contribution is 2.11. The van der Waals surface area contributed by atoms with E-state index in [2.05, 4.69) is 35.9 Å². The van der Waals surface area contributed by atoms with Gasteiger partial charge in [-0.25, -0.2) is 13.1 Å². The lowest BCUT2D eigenvalue weighted by molar-refractivity contribution is -0.119. The van der Waals surface area contributed by atoms with Crippen LogP contribution in [0.4, 0.5) is 0 Å². The highest BCUT2D eigenvalue weighted by atomic mass is 32.2. The van der Waals surface area contributed by atoms with E-state index < -0.39 is 15.9 Å². The van der Waals surface area contributed by atoms with E-state index in [0.717, 1.165) is 37.7 Å². The summed E-state index contributed by atoms with van der Waals surface area (Å²) in [5.74, 6) is -0.509. The molecule has 0 unspecified atom stereocenters. The van der Waals surface area contributed by atoms with Crippen LogP contribution in [0.25, 0.3) is 0 Å². The fourth-order valence-corrected chi connectivity index (χ4v) is 4.26. The predicted molar refractivity (Wildman–Crippen MR) is 140 cm³/mol. The van der Waals surface area contributed by atoms with Gasteiger partial charge in [-0.2, -0.15) is 0 Å². The molecule has 1 aromatic rings. The Labute approximate surface area is 206 Å². The molecule has 0 aliphatic carbocycles. The number of amides is 1. The van der Waals surface area contributed by atoms with Crippen LogP contribution in [0.2, 0.25) is 0 Å². The van der Waals surface area contributed by atoms with Crippen molar-refractivity contribution in [1.29, 1.82) is 0 Å². The lowest BCUT2D eigenvalue weighted by atomic mass is 10.1. The van der Waals surface area contributed by atoms with Crippen LogP contribution in [0.1, 0.15) is 83.1 Å². The molecule has 1 rings (SSSR count). The normalized spacial score (nSPS) is 13.3. The third-order valence-electron chi connectivity index (χ3n) is 5.31. The second kappa shape index (κ2) is 18.2. The molecule has 0 saturated heterocycles. The average molecular weight is 491 g/mol. The molecule has 0 saturated carbocycles. The van der Waals surface area contributed by atoms with E-state index in [1.54, 1.807) is 12.1 Å². The molecular formula is C27H42N2O4S. The van der Waals surface area contributed by atoms with E-state index in [9.17, 15) is 18.3 Å². The van der Waals surface area contributed by atoms with E-state index >= 15 is 0 Å². The molecule has 6 nitrogen and oxygen atoms in total. The molecule has 190 valence electrons. The Hall–Kier alpha value is -2.22. The Balaban J connectivity index is 2.13. The molecule has 1 atom stereocenters. The highest BCUT2D eigenvalue weighted by Gasteiger charge is 2.16. The van der Waals surface area contributed by atoms with E-state index in [0.29, 0.717) is 19.4 Å². The average Bonchev–Trinajstić information content (AvgIpc) is 2.82. The van der Waals surface area contributed by atoms with Crippen LogP contribution in [-0.4, -0.2) is 25.5 Å². The molecular weight excluding hydrogens is 448 g/mol. The number of nitrogens with two attached hydrogens (primary N) is 1. The van der Waals surface area contributed by atoms with Crippen molar-refractivity contribution in [2.45, 2.75) is 95.1 Å². The van der Waals surface area contributed by atoms with Gasteiger partial charge in [0.15, 0.2) is 0 Å². The zero-order valence-corrected chi connectivity index (χ0v) is 21.3. The van der Waals surface area contributed by atoms with Crippen LogP contribution in [-0.2, 0) is 21.4 Å². The minimum Gasteiger partial charge on any atom is -0.393 e. The Kier molecular flexibility index (Phi) is 15.9. The third-order valence-corrected chi connectivity index (χ3v) is 6.70. The summed E-state index contributed by atoms with van der Waals surface area (Å²) in [4.78, 5) is 12.0. The Morgan fingerprint density at radius 3 is 2.29 bits per heavy atom. The zero-order valence-electron chi connectivity index (χ0n) is 20.5. The van der Waals surface area contributed by atoms with Gasteiger partial charge < -0.3 is 10.8 Å². The number of carbonyl (C=O) groups excluding carboxylic acids is 1. The summed E-state index contributed by atoms with van der Waals surface area (Å²) in [5.41, 5.74) is 6.33. The molecule has 7 heteroatoms. The topological polar surface area (TPSA) is 109 Å². The van der Waals surface area contributed by atoms with Gasteiger partial charge in [-0.05, 0) is 69.1 Å². The van der Waals surface area contributed by atoms with E-state index in [4.69, 9.17) is 5.73 Å². The first-order chi connectivity index (χ1) is 16.4. The van der Waals surface area contributed by atoms with Crippen LogP contribution in [0.3, 0.4) is 0 Å². The number of benzene rings is 1. The van der Waals surface area contributed by atoms with Gasteiger partial charge in [-0.3, -0.25) is 4.79 Å². The van der Waals surface area contributed by atoms with Gasteiger partial charge in [-0.1, -0.05) is 68.4 Å². The van der Waals surface area contributed by atoms with E-state index in [-0.39, 0.29) is 17.4 Å². The molecule has 0 heterocycles. The number of aliphatic hydroxyl groups excluding tert-OH is 1. The van der Waals surface area contributed by atoms with Gasteiger partial charge in [0.05, 0.1) is 11.0 Å². The number of allylic oxidation sites excluding steroid dienone is 5. The Morgan fingerprint density at radius 2 is 1.62 bits per heavy atom. The fourth-order valence-electron chi connectivity index (χ4n) is 3.24. The van der Waals surface area contributed by atoms with E-state index in [1.165, 1.54) is 31.4 Å². The van der Waals surface area contributed by atoms with Gasteiger partial charge >= 0.3 is 0 Å². The van der Waals surface area contributed by atoms with Crippen LogP contribution < -0.4 is 10.5 Å². The summed E-state index contributed by atoms with van der Waals surface area (Å²) in [5, 5.41) is 9.98. The number of nitrogens with one attached hydrogen (secondary N) is 1. The molecule has 0 bridgehead atoms. The predicted octanol–water partition coefficient (Wildman–Crippen LogP) is 5.29. The molecule has 0 aromatic heterocycles. The SMILES string of the molecule is CCCCC/C=C\C[C@@H](O)CC/C=C\C/C=C\CCCC(=O)NS(=O)(=O)c1ccc(CN)cc1. The molecule has 34 heavy (non-hydrogen) atoms. The number of aliphatic hydroxyl groups is 1. The number of sulfonamides is 1. The van der Waals surface area contributed by atoms with Crippen molar-refractivity contribution < 1.29 is 18.3 Å². The minimum absolute atomic E-state index is 0.0520. The van der Waals surface area contributed by atoms with Gasteiger partial charge in [0.2, 0.25) is 5.91 Å². The third kappa shape index (κ3) is 14.1. The molecule has 0 radical (unpaired) electrons. The molecule has 1 aromatic carbocycles. The van der Waals surface area contributed by atoms with Crippen molar-refractivity contribution in [3.8, 4) is 0 Å². The first-order valence-corrected chi connectivity index (χ1v) is 13.8. The van der Waals surface area contributed by atoms with Gasteiger partial charge in [0, 0.05) is 13.0 Å². The lowest BCUT2D eigenvalue weighted by Gasteiger charge is -2.07. The van der Waals surface area contributed by atoms with Crippen LogP contribution >= 0.6 is 0 Å². The van der Waals surface area contributed by atoms with Crippen molar-refractivity contribution >= 4 is 15.9 Å². The maximum atomic E-state index is 12.2. The number of hydrogen-bond acceptors (Lipinski definition) is 5. The van der Waals surface area contributed by atoms with Gasteiger partial charge in [0.1, 0.15) is 0 Å². The monoisotopic (exact) mass is 490 g/mol. The number of rotatable bonds is 18. The standard InChI is InChI=1S/C27H42N2O4S/c1-2-3-4-5-10-13-16-25(30)17-14-11-8-6-7-9-12-15-18-27(31)29-34(32,33)26-21-19-24(23-28)20-22-26/h7-11,13,19-22,25,30H,2-6,12,14-18,23,28H2,1H3,(H,29,31)/b9-7-,11-8-,13-10-/t25-/m1/s1. The van der Waals surface area contributed by atoms with Crippen LogP contribution in [0.5, 0.6) is 0 Å². The fraction of sp³-hybridized carbons (Fsp3) is 0.519. The minimum atomic E-state index is -3.85. The molecule has 1 amide bonds. The summed E-state index contributed by atoms with van der Waals surface area (Å²) < 4.78 is 26.6. The summed E-state index contributed by atoms with van der Waals surface area (Å²) in [6.07, 6.45) is 21.5. The van der Waals surface area contributed by atoms with Crippen molar-refractivity contribution in [3.05, 3.63) is 66.3 Å². The molecule has 0 aliphatic rings. The first kappa shape index (κ1) is 29.8. The summed E-state index contributed by atoms with van der Waals surface area (Å²) >= 11 is 0. The van der Waals surface area contributed by atoms with E-state index in [1.807, 2.05) is 12.2 Å².